The Morgan fingerprint density at radius 2 is 1.59 bits per heavy atom. The molecule has 1 saturated heterocycles. The molecular weight excluding hydrogens is 363 g/mol. The Bertz CT molecular complexity index is 769. The minimum absolute atomic E-state index is 0.0320. The summed E-state index contributed by atoms with van der Waals surface area (Å²) in [5.41, 5.74) is -2.75. The normalized spacial score (nSPS) is 22.7. The van der Waals surface area contributed by atoms with Crippen LogP contribution in [0.3, 0.4) is 0 Å². The second-order valence-electron chi connectivity index (χ2n) is 6.84. The van der Waals surface area contributed by atoms with Gasteiger partial charge in [-0.25, -0.2) is 4.85 Å². The van der Waals surface area contributed by atoms with Gasteiger partial charge in [0, 0.05) is 30.7 Å². The molecule has 1 fully saturated rings. The van der Waals surface area contributed by atoms with Crippen LogP contribution >= 0.6 is 0 Å². The number of rotatable bonds is 2. The Hall–Kier alpha value is -2.60. The second kappa shape index (κ2) is 7.19. The van der Waals surface area contributed by atoms with E-state index in [2.05, 4.69) is 4.85 Å². The van der Waals surface area contributed by atoms with Crippen LogP contribution in [0.25, 0.3) is 4.85 Å². The number of alkyl halides is 3. The standard InChI is InChI=1S/C18H20F3N3O3/c1-11-10-24(16(26)17(3,27)18(19,20)21)12(2)9-23(11)15(25)13-5-7-14(22-4)8-6-13/h5-8,11-12,27H,9-10H2,1-3H3/t11?,12?,17-/m1/s1. The number of halogens is 3. The molecule has 1 aromatic carbocycles. The Labute approximate surface area is 155 Å². The van der Waals surface area contributed by atoms with Crippen LogP contribution in [0.15, 0.2) is 24.3 Å². The van der Waals surface area contributed by atoms with Crippen molar-refractivity contribution in [3.05, 3.63) is 41.2 Å². The van der Waals surface area contributed by atoms with Crippen molar-refractivity contribution in [3.63, 3.8) is 0 Å². The van der Waals surface area contributed by atoms with Crippen LogP contribution in [-0.4, -0.2) is 63.7 Å². The number of piperazine rings is 1. The van der Waals surface area contributed by atoms with Gasteiger partial charge in [0.05, 0.1) is 6.57 Å². The summed E-state index contributed by atoms with van der Waals surface area (Å²) in [6, 6.07) is 4.80. The van der Waals surface area contributed by atoms with Gasteiger partial charge in [-0.05, 0) is 20.8 Å². The molecule has 0 aromatic heterocycles. The fourth-order valence-corrected chi connectivity index (χ4v) is 2.94. The van der Waals surface area contributed by atoms with E-state index in [1.165, 1.54) is 36.1 Å². The van der Waals surface area contributed by atoms with Crippen molar-refractivity contribution < 1.29 is 27.9 Å². The van der Waals surface area contributed by atoms with Crippen molar-refractivity contribution in [1.29, 1.82) is 0 Å². The first-order valence-corrected chi connectivity index (χ1v) is 8.28. The van der Waals surface area contributed by atoms with Crippen LogP contribution in [0, 0.1) is 6.57 Å². The highest BCUT2D eigenvalue weighted by molar-refractivity contribution is 5.95. The summed E-state index contributed by atoms with van der Waals surface area (Å²) < 4.78 is 38.9. The Morgan fingerprint density at radius 1 is 1.11 bits per heavy atom. The molecule has 0 bridgehead atoms. The highest BCUT2D eigenvalue weighted by Crippen LogP contribution is 2.33. The summed E-state index contributed by atoms with van der Waals surface area (Å²) >= 11 is 0. The summed E-state index contributed by atoms with van der Waals surface area (Å²) in [7, 11) is 0. The first kappa shape index (κ1) is 20.7. The van der Waals surface area contributed by atoms with Crippen molar-refractivity contribution in [1.82, 2.24) is 9.80 Å². The van der Waals surface area contributed by atoms with Gasteiger partial charge in [0.2, 0.25) is 5.60 Å². The monoisotopic (exact) mass is 383 g/mol. The van der Waals surface area contributed by atoms with Crippen LogP contribution < -0.4 is 0 Å². The summed E-state index contributed by atoms with van der Waals surface area (Å²) in [6.45, 7) is 10.4. The first-order valence-electron chi connectivity index (χ1n) is 8.28. The molecule has 2 unspecified atom stereocenters. The Kier molecular flexibility index (Phi) is 5.52. The molecule has 1 aliphatic rings. The molecule has 0 aliphatic carbocycles. The zero-order valence-corrected chi connectivity index (χ0v) is 15.1. The average Bonchev–Trinajstić information content (AvgIpc) is 2.61. The third kappa shape index (κ3) is 3.90. The Morgan fingerprint density at radius 3 is 2.07 bits per heavy atom. The van der Waals surface area contributed by atoms with Crippen LogP contribution in [0.5, 0.6) is 0 Å². The third-order valence-electron chi connectivity index (χ3n) is 4.72. The molecule has 0 spiro atoms. The lowest BCUT2D eigenvalue weighted by atomic mass is 9.99. The second-order valence-corrected chi connectivity index (χ2v) is 6.84. The van der Waals surface area contributed by atoms with Gasteiger partial charge in [0.25, 0.3) is 11.8 Å². The zero-order valence-electron chi connectivity index (χ0n) is 15.1. The van der Waals surface area contributed by atoms with Crippen molar-refractivity contribution >= 4 is 17.5 Å². The molecule has 2 rings (SSSR count). The largest absolute Gasteiger partial charge is 0.426 e. The number of aliphatic hydroxyl groups is 1. The van der Waals surface area contributed by atoms with Gasteiger partial charge in [-0.15, -0.1) is 0 Å². The molecule has 0 radical (unpaired) electrons. The highest BCUT2D eigenvalue weighted by atomic mass is 19.4. The Balaban J connectivity index is 2.18. The summed E-state index contributed by atoms with van der Waals surface area (Å²) in [5, 5.41) is 9.66. The van der Waals surface area contributed by atoms with Crippen LogP contribution in [0.4, 0.5) is 18.9 Å². The molecule has 1 heterocycles. The van der Waals surface area contributed by atoms with Crippen LogP contribution in [0.1, 0.15) is 31.1 Å². The van der Waals surface area contributed by atoms with E-state index < -0.39 is 29.8 Å². The molecule has 3 atom stereocenters. The number of carbonyl (C=O) groups is 2. The molecule has 1 N–H and O–H groups in total. The number of hydrogen-bond donors (Lipinski definition) is 1. The summed E-state index contributed by atoms with van der Waals surface area (Å²) in [4.78, 5) is 30.7. The highest BCUT2D eigenvalue weighted by Gasteiger charge is 2.58. The summed E-state index contributed by atoms with van der Waals surface area (Å²) in [5.74, 6) is -1.76. The van der Waals surface area contributed by atoms with Crippen LogP contribution in [0.2, 0.25) is 0 Å². The molecule has 0 saturated carbocycles. The van der Waals surface area contributed by atoms with Gasteiger partial charge in [-0.1, -0.05) is 24.3 Å². The number of amides is 2. The molecule has 1 aromatic rings. The van der Waals surface area contributed by atoms with Crippen molar-refractivity contribution in [2.45, 2.75) is 44.6 Å². The third-order valence-corrected chi connectivity index (χ3v) is 4.72. The quantitative estimate of drug-likeness (QED) is 0.799. The number of nitrogens with zero attached hydrogens (tertiary/aromatic N) is 3. The SMILES string of the molecule is [C-]#[N+]c1ccc(C(=O)N2CC(C)N(C(=O)[C@@](C)(O)C(F)(F)F)CC2C)cc1. The maximum Gasteiger partial charge on any atom is 0.426 e. The lowest BCUT2D eigenvalue weighted by Crippen LogP contribution is -2.65. The van der Waals surface area contributed by atoms with E-state index in [-0.39, 0.29) is 19.0 Å². The van der Waals surface area contributed by atoms with Crippen LogP contribution in [-0.2, 0) is 4.79 Å². The molecule has 6 nitrogen and oxygen atoms in total. The average molecular weight is 383 g/mol. The maximum absolute atomic E-state index is 13.0. The van der Waals surface area contributed by atoms with E-state index >= 15 is 0 Å². The number of carbonyl (C=O) groups excluding carboxylic acids is 2. The van der Waals surface area contributed by atoms with Crippen molar-refractivity contribution in [2.75, 3.05) is 13.1 Å². The van der Waals surface area contributed by atoms with E-state index in [4.69, 9.17) is 6.57 Å². The maximum atomic E-state index is 13.0. The van der Waals surface area contributed by atoms with Gasteiger partial charge in [0.1, 0.15) is 0 Å². The van der Waals surface area contributed by atoms with Crippen molar-refractivity contribution in [2.24, 2.45) is 0 Å². The van der Waals surface area contributed by atoms with E-state index in [0.29, 0.717) is 18.2 Å². The summed E-state index contributed by atoms with van der Waals surface area (Å²) in [6.07, 6.45) is -5.09. The van der Waals surface area contributed by atoms with E-state index in [1.807, 2.05) is 0 Å². The smallest absolute Gasteiger partial charge is 0.373 e. The fraction of sp³-hybridized carbons (Fsp3) is 0.500. The predicted octanol–water partition coefficient (Wildman–Crippen LogP) is 2.61. The molecule has 1 aliphatic heterocycles. The first-order chi connectivity index (χ1) is 12.4. The number of benzene rings is 1. The molecule has 27 heavy (non-hydrogen) atoms. The molecule has 2 amide bonds. The molecule has 146 valence electrons. The van der Waals surface area contributed by atoms with E-state index in [1.54, 1.807) is 6.92 Å². The lowest BCUT2D eigenvalue weighted by molar-refractivity contribution is -0.251. The van der Waals surface area contributed by atoms with Gasteiger partial charge < -0.3 is 14.9 Å². The zero-order chi connectivity index (χ0) is 20.6. The topological polar surface area (TPSA) is 65.2 Å². The van der Waals surface area contributed by atoms with E-state index in [0.717, 1.165) is 4.90 Å². The lowest BCUT2D eigenvalue weighted by Gasteiger charge is -2.46. The van der Waals surface area contributed by atoms with Gasteiger partial charge in [-0.3, -0.25) is 9.59 Å². The molecular formula is C18H20F3N3O3. The van der Waals surface area contributed by atoms with E-state index in [9.17, 15) is 27.9 Å². The predicted molar refractivity (Wildman–Crippen MR) is 91.1 cm³/mol. The van der Waals surface area contributed by atoms with Gasteiger partial charge >= 0.3 is 6.18 Å². The minimum Gasteiger partial charge on any atom is -0.373 e. The van der Waals surface area contributed by atoms with Gasteiger partial charge in [-0.2, -0.15) is 13.2 Å². The fourth-order valence-electron chi connectivity index (χ4n) is 2.94. The minimum atomic E-state index is -5.09. The molecule has 9 heteroatoms. The number of hydrogen-bond acceptors (Lipinski definition) is 3. The van der Waals surface area contributed by atoms with Crippen molar-refractivity contribution in [3.8, 4) is 0 Å². The van der Waals surface area contributed by atoms with Gasteiger partial charge in [0.15, 0.2) is 5.69 Å².